The third-order valence-electron chi connectivity index (χ3n) is 5.45. The van der Waals surface area contributed by atoms with Gasteiger partial charge in [0, 0.05) is 25.2 Å². The van der Waals surface area contributed by atoms with Crippen LogP contribution in [-0.4, -0.2) is 50.8 Å². The minimum atomic E-state index is -0.0532. The lowest BCUT2D eigenvalue weighted by Crippen LogP contribution is -2.43. The molecule has 150 valence electrons. The van der Waals surface area contributed by atoms with Gasteiger partial charge in [-0.1, -0.05) is 42.5 Å². The first-order valence-electron chi connectivity index (χ1n) is 9.97. The summed E-state index contributed by atoms with van der Waals surface area (Å²) in [4.78, 5) is 15.2. The quantitative estimate of drug-likeness (QED) is 0.698. The lowest BCUT2D eigenvalue weighted by Gasteiger charge is -2.35. The fourth-order valence-corrected chi connectivity index (χ4v) is 3.79. The number of methoxy groups -OCH3 is 1. The van der Waals surface area contributed by atoms with Crippen LogP contribution in [0.5, 0.6) is 5.75 Å². The maximum Gasteiger partial charge on any atom is 0.251 e. The number of ether oxygens (including phenoxy) is 2. The van der Waals surface area contributed by atoms with Crippen LogP contribution in [0.2, 0.25) is 0 Å². The number of amides is 1. The van der Waals surface area contributed by atoms with Crippen LogP contribution in [0.1, 0.15) is 22.0 Å². The van der Waals surface area contributed by atoms with Gasteiger partial charge in [-0.05, 0) is 40.6 Å². The monoisotopic (exact) mass is 390 g/mol. The Morgan fingerprint density at radius 2 is 1.76 bits per heavy atom. The van der Waals surface area contributed by atoms with E-state index in [1.54, 1.807) is 7.11 Å². The number of rotatable bonds is 6. The molecule has 0 aliphatic carbocycles. The van der Waals surface area contributed by atoms with Crippen LogP contribution in [0, 0.1) is 0 Å². The molecule has 5 heteroatoms. The summed E-state index contributed by atoms with van der Waals surface area (Å²) in [5.41, 5.74) is 1.84. The average Bonchev–Trinajstić information content (AvgIpc) is 2.80. The second kappa shape index (κ2) is 9.07. The van der Waals surface area contributed by atoms with E-state index in [0.717, 1.165) is 35.2 Å². The third-order valence-corrected chi connectivity index (χ3v) is 5.45. The molecule has 1 N–H and O–H groups in total. The van der Waals surface area contributed by atoms with E-state index in [9.17, 15) is 4.79 Å². The van der Waals surface area contributed by atoms with Crippen molar-refractivity contribution >= 4 is 16.7 Å². The molecule has 5 nitrogen and oxygen atoms in total. The standard InChI is InChI=1S/C24H26N2O3/c1-28-22-10-8-19(9-11-22)23(26-12-14-29-15-13-26)17-25-24(27)21-7-6-18-4-2-3-5-20(18)16-21/h2-11,16,23H,12-15,17H2,1H3,(H,25,27)/t23-/m0/s1. The van der Waals surface area contributed by atoms with Gasteiger partial charge in [-0.15, -0.1) is 0 Å². The van der Waals surface area contributed by atoms with Crippen molar-refractivity contribution in [2.75, 3.05) is 40.0 Å². The average molecular weight is 390 g/mol. The van der Waals surface area contributed by atoms with E-state index >= 15 is 0 Å². The Morgan fingerprint density at radius 1 is 1.03 bits per heavy atom. The number of fused-ring (bicyclic) bond motifs is 1. The highest BCUT2D eigenvalue weighted by Gasteiger charge is 2.23. The summed E-state index contributed by atoms with van der Waals surface area (Å²) >= 11 is 0. The summed E-state index contributed by atoms with van der Waals surface area (Å²) in [6.45, 7) is 3.67. The van der Waals surface area contributed by atoms with Gasteiger partial charge in [-0.2, -0.15) is 0 Å². The zero-order valence-electron chi connectivity index (χ0n) is 16.6. The van der Waals surface area contributed by atoms with Gasteiger partial charge in [-0.3, -0.25) is 9.69 Å². The lowest BCUT2D eigenvalue weighted by atomic mass is 10.0. The van der Waals surface area contributed by atoms with Crippen LogP contribution >= 0.6 is 0 Å². The molecular formula is C24H26N2O3. The van der Waals surface area contributed by atoms with Gasteiger partial charge in [0.2, 0.25) is 0 Å². The fourth-order valence-electron chi connectivity index (χ4n) is 3.79. The molecule has 3 aromatic rings. The Balaban J connectivity index is 1.50. The molecule has 1 heterocycles. The summed E-state index contributed by atoms with van der Waals surface area (Å²) in [5.74, 6) is 0.775. The topological polar surface area (TPSA) is 50.8 Å². The fraction of sp³-hybridized carbons (Fsp3) is 0.292. The lowest BCUT2D eigenvalue weighted by molar-refractivity contribution is 0.0162. The largest absolute Gasteiger partial charge is 0.497 e. The highest BCUT2D eigenvalue weighted by molar-refractivity contribution is 5.98. The zero-order valence-corrected chi connectivity index (χ0v) is 16.6. The van der Waals surface area contributed by atoms with E-state index in [4.69, 9.17) is 9.47 Å². The van der Waals surface area contributed by atoms with E-state index in [1.807, 2.05) is 48.5 Å². The third kappa shape index (κ3) is 4.58. The minimum Gasteiger partial charge on any atom is -0.497 e. The molecule has 3 aromatic carbocycles. The molecule has 1 aliphatic rings. The highest BCUT2D eigenvalue weighted by Crippen LogP contribution is 2.24. The summed E-state index contributed by atoms with van der Waals surface area (Å²) < 4.78 is 10.8. The molecule has 0 saturated carbocycles. The second-order valence-corrected chi connectivity index (χ2v) is 7.21. The van der Waals surface area contributed by atoms with Crippen molar-refractivity contribution < 1.29 is 14.3 Å². The van der Waals surface area contributed by atoms with E-state index in [1.165, 1.54) is 0 Å². The molecule has 0 aromatic heterocycles. The van der Waals surface area contributed by atoms with E-state index < -0.39 is 0 Å². The minimum absolute atomic E-state index is 0.0532. The molecule has 1 fully saturated rings. The van der Waals surface area contributed by atoms with Gasteiger partial charge in [-0.25, -0.2) is 0 Å². The number of hydrogen-bond acceptors (Lipinski definition) is 4. The first-order valence-corrected chi connectivity index (χ1v) is 9.97. The molecule has 0 bridgehead atoms. The predicted molar refractivity (Wildman–Crippen MR) is 114 cm³/mol. The van der Waals surface area contributed by atoms with Gasteiger partial charge in [0.05, 0.1) is 26.4 Å². The molecular weight excluding hydrogens is 364 g/mol. The van der Waals surface area contributed by atoms with E-state index in [-0.39, 0.29) is 11.9 Å². The van der Waals surface area contributed by atoms with Crippen molar-refractivity contribution in [1.82, 2.24) is 10.2 Å². The van der Waals surface area contributed by atoms with Crippen molar-refractivity contribution in [3.8, 4) is 5.75 Å². The Kier molecular flexibility index (Phi) is 6.08. The number of hydrogen-bond donors (Lipinski definition) is 1. The summed E-state index contributed by atoms with van der Waals surface area (Å²) in [6.07, 6.45) is 0. The maximum atomic E-state index is 12.8. The van der Waals surface area contributed by atoms with Gasteiger partial charge < -0.3 is 14.8 Å². The van der Waals surface area contributed by atoms with Gasteiger partial charge >= 0.3 is 0 Å². The van der Waals surface area contributed by atoms with E-state index in [0.29, 0.717) is 25.3 Å². The molecule has 4 rings (SSSR count). The number of nitrogens with zero attached hydrogens (tertiary/aromatic N) is 1. The van der Waals surface area contributed by atoms with Crippen molar-refractivity contribution in [1.29, 1.82) is 0 Å². The summed E-state index contributed by atoms with van der Waals surface area (Å²) in [6, 6.07) is 22.1. The number of carbonyl (C=O) groups is 1. The Labute approximate surface area is 171 Å². The molecule has 0 unspecified atom stereocenters. The Hall–Kier alpha value is -2.89. The van der Waals surface area contributed by atoms with Crippen molar-refractivity contribution in [3.63, 3.8) is 0 Å². The van der Waals surface area contributed by atoms with Gasteiger partial charge in [0.25, 0.3) is 5.91 Å². The van der Waals surface area contributed by atoms with Crippen LogP contribution in [0.15, 0.2) is 66.7 Å². The van der Waals surface area contributed by atoms with Crippen molar-refractivity contribution in [3.05, 3.63) is 77.9 Å². The first-order chi connectivity index (χ1) is 14.2. The molecule has 1 saturated heterocycles. The molecule has 1 aliphatic heterocycles. The van der Waals surface area contributed by atoms with Crippen molar-refractivity contribution in [2.24, 2.45) is 0 Å². The smallest absolute Gasteiger partial charge is 0.251 e. The van der Waals surface area contributed by atoms with Crippen LogP contribution in [-0.2, 0) is 4.74 Å². The van der Waals surface area contributed by atoms with E-state index in [2.05, 4.69) is 28.4 Å². The molecule has 29 heavy (non-hydrogen) atoms. The van der Waals surface area contributed by atoms with Crippen LogP contribution in [0.25, 0.3) is 10.8 Å². The van der Waals surface area contributed by atoms with Crippen LogP contribution in [0.4, 0.5) is 0 Å². The number of carbonyl (C=O) groups excluding carboxylic acids is 1. The summed E-state index contributed by atoms with van der Waals surface area (Å²) in [7, 11) is 1.66. The second-order valence-electron chi connectivity index (χ2n) is 7.21. The predicted octanol–water partition coefficient (Wildman–Crippen LogP) is 3.65. The zero-order chi connectivity index (χ0) is 20.1. The van der Waals surface area contributed by atoms with Crippen LogP contribution < -0.4 is 10.1 Å². The van der Waals surface area contributed by atoms with Gasteiger partial charge in [0.15, 0.2) is 0 Å². The Bertz CT molecular complexity index is 965. The SMILES string of the molecule is COc1ccc([C@H](CNC(=O)c2ccc3ccccc3c2)N2CCOCC2)cc1. The van der Waals surface area contributed by atoms with Crippen molar-refractivity contribution in [2.45, 2.75) is 6.04 Å². The molecule has 1 atom stereocenters. The van der Waals surface area contributed by atoms with Crippen LogP contribution in [0.3, 0.4) is 0 Å². The number of nitrogens with one attached hydrogen (secondary N) is 1. The maximum absolute atomic E-state index is 12.8. The first kappa shape index (κ1) is 19.4. The Morgan fingerprint density at radius 3 is 2.48 bits per heavy atom. The number of morpholine rings is 1. The summed E-state index contributed by atoms with van der Waals surface area (Å²) in [5, 5.41) is 5.34. The molecule has 1 amide bonds. The van der Waals surface area contributed by atoms with Gasteiger partial charge in [0.1, 0.15) is 5.75 Å². The number of benzene rings is 3. The normalized spacial score (nSPS) is 15.8. The molecule has 0 radical (unpaired) electrons. The highest BCUT2D eigenvalue weighted by atomic mass is 16.5. The molecule has 0 spiro atoms.